The Morgan fingerprint density at radius 2 is 2.25 bits per heavy atom. The predicted molar refractivity (Wildman–Crippen MR) is 81.0 cm³/mol. The van der Waals surface area contributed by atoms with E-state index in [4.69, 9.17) is 10.5 Å². The molecule has 0 bridgehead atoms. The number of thioether (sulfide) groups is 1. The van der Waals surface area contributed by atoms with Crippen LogP contribution in [0.5, 0.6) is 0 Å². The highest BCUT2D eigenvalue weighted by Gasteiger charge is 2.17. The summed E-state index contributed by atoms with van der Waals surface area (Å²) in [4.78, 5) is 23.5. The third kappa shape index (κ3) is 4.57. The molecule has 112 valence electrons. The van der Waals surface area contributed by atoms with Gasteiger partial charge in [0.05, 0.1) is 18.3 Å². The zero-order chi connectivity index (χ0) is 15.1. The lowest BCUT2D eigenvalue weighted by atomic mass is 10.2. The van der Waals surface area contributed by atoms with E-state index >= 15 is 0 Å². The van der Waals surface area contributed by atoms with Gasteiger partial charge in [-0.3, -0.25) is 4.79 Å². The third-order valence-corrected chi connectivity index (χ3v) is 3.37. The summed E-state index contributed by atoms with van der Waals surface area (Å²) in [6.07, 6.45) is 4.24. The molecule has 0 aliphatic heterocycles. The molecule has 3 N–H and O–H groups in total. The van der Waals surface area contributed by atoms with Crippen molar-refractivity contribution in [3.63, 3.8) is 0 Å². The maximum absolute atomic E-state index is 11.9. The van der Waals surface area contributed by atoms with Crippen LogP contribution in [0, 0.1) is 0 Å². The highest BCUT2D eigenvalue weighted by molar-refractivity contribution is 7.98. The molecule has 0 unspecified atom stereocenters. The lowest BCUT2D eigenvalue weighted by Gasteiger charge is -2.10. The SMILES string of the molecule is CCOC(=O)c1cc(NC(=O)[C@@H](N)CCSC)cn1C. The number of nitrogens with two attached hydrogens (primary N) is 1. The zero-order valence-corrected chi connectivity index (χ0v) is 12.8. The molecule has 0 aromatic carbocycles. The molecule has 1 rings (SSSR count). The third-order valence-electron chi connectivity index (χ3n) is 2.73. The molecule has 0 radical (unpaired) electrons. The average molecular weight is 299 g/mol. The predicted octanol–water partition coefficient (Wildman–Crippen LogP) is 1.22. The summed E-state index contributed by atoms with van der Waals surface area (Å²) in [7, 11) is 1.72. The molecular weight excluding hydrogens is 278 g/mol. The molecule has 1 amide bonds. The number of carbonyl (C=O) groups excluding carboxylic acids is 2. The van der Waals surface area contributed by atoms with Crippen LogP contribution in [0.4, 0.5) is 5.69 Å². The van der Waals surface area contributed by atoms with Crippen molar-refractivity contribution < 1.29 is 14.3 Å². The van der Waals surface area contributed by atoms with Gasteiger partial charge in [-0.2, -0.15) is 11.8 Å². The van der Waals surface area contributed by atoms with E-state index < -0.39 is 12.0 Å². The number of aryl methyl sites for hydroxylation is 1. The number of amides is 1. The van der Waals surface area contributed by atoms with E-state index in [1.54, 1.807) is 42.6 Å². The van der Waals surface area contributed by atoms with Gasteiger partial charge >= 0.3 is 5.97 Å². The highest BCUT2D eigenvalue weighted by atomic mass is 32.2. The van der Waals surface area contributed by atoms with E-state index in [2.05, 4.69) is 5.32 Å². The second-order valence-corrected chi connectivity index (χ2v) is 5.31. The number of rotatable bonds is 7. The van der Waals surface area contributed by atoms with Crippen molar-refractivity contribution >= 4 is 29.3 Å². The number of nitrogens with zero attached hydrogens (tertiary/aromatic N) is 1. The maximum atomic E-state index is 11.9. The first-order valence-electron chi connectivity index (χ1n) is 6.38. The first-order valence-corrected chi connectivity index (χ1v) is 7.77. The van der Waals surface area contributed by atoms with Gasteiger partial charge in [0, 0.05) is 13.2 Å². The minimum atomic E-state index is -0.548. The number of aromatic nitrogens is 1. The first-order chi connectivity index (χ1) is 9.49. The fraction of sp³-hybridized carbons (Fsp3) is 0.538. The molecule has 0 aliphatic carbocycles. The Hall–Kier alpha value is -1.47. The van der Waals surface area contributed by atoms with E-state index in [9.17, 15) is 9.59 Å². The van der Waals surface area contributed by atoms with Crippen molar-refractivity contribution in [1.29, 1.82) is 0 Å². The lowest BCUT2D eigenvalue weighted by molar-refractivity contribution is -0.117. The number of nitrogens with one attached hydrogen (secondary N) is 1. The summed E-state index contributed by atoms with van der Waals surface area (Å²) in [6, 6.07) is 1.03. The van der Waals surface area contributed by atoms with Crippen LogP contribution >= 0.6 is 11.8 Å². The number of hydrogen-bond donors (Lipinski definition) is 2. The van der Waals surface area contributed by atoms with Crippen LogP contribution in [-0.4, -0.2) is 41.1 Å². The van der Waals surface area contributed by atoms with Crippen LogP contribution in [0.25, 0.3) is 0 Å². The quantitative estimate of drug-likeness (QED) is 0.739. The van der Waals surface area contributed by atoms with Gasteiger partial charge in [-0.25, -0.2) is 4.79 Å². The minimum Gasteiger partial charge on any atom is -0.461 e. The van der Waals surface area contributed by atoms with Crippen molar-refractivity contribution in [2.45, 2.75) is 19.4 Å². The molecule has 1 heterocycles. The largest absolute Gasteiger partial charge is 0.461 e. The normalized spacial score (nSPS) is 12.0. The van der Waals surface area contributed by atoms with E-state index in [0.29, 0.717) is 24.4 Å². The summed E-state index contributed by atoms with van der Waals surface area (Å²) >= 11 is 1.64. The Morgan fingerprint density at radius 1 is 1.55 bits per heavy atom. The molecule has 20 heavy (non-hydrogen) atoms. The molecule has 7 heteroatoms. The molecular formula is C13H21N3O3S. The van der Waals surface area contributed by atoms with Gasteiger partial charge in [0.2, 0.25) is 5.91 Å². The topological polar surface area (TPSA) is 86.3 Å². The second kappa shape index (κ2) is 7.96. The Bertz CT molecular complexity index is 473. The van der Waals surface area contributed by atoms with Crippen LogP contribution in [0.2, 0.25) is 0 Å². The summed E-state index contributed by atoms with van der Waals surface area (Å²) in [5.74, 6) is 0.166. The molecule has 0 saturated carbocycles. The monoisotopic (exact) mass is 299 g/mol. The summed E-state index contributed by atoms with van der Waals surface area (Å²) in [6.45, 7) is 2.06. The van der Waals surface area contributed by atoms with Crippen molar-refractivity contribution in [2.24, 2.45) is 12.8 Å². The molecule has 1 atom stereocenters. The fourth-order valence-electron chi connectivity index (χ4n) is 1.65. The number of carbonyl (C=O) groups is 2. The highest BCUT2D eigenvalue weighted by Crippen LogP contribution is 2.14. The van der Waals surface area contributed by atoms with Crippen molar-refractivity contribution in [2.75, 3.05) is 23.9 Å². The Morgan fingerprint density at radius 3 is 2.85 bits per heavy atom. The molecule has 0 fully saturated rings. The summed E-state index contributed by atoms with van der Waals surface area (Å²) in [5, 5.41) is 2.71. The average Bonchev–Trinajstić information content (AvgIpc) is 2.77. The Labute approximate surface area is 123 Å². The number of esters is 1. The zero-order valence-electron chi connectivity index (χ0n) is 12.0. The Balaban J connectivity index is 2.67. The molecule has 1 aromatic heterocycles. The van der Waals surface area contributed by atoms with Crippen LogP contribution in [0.3, 0.4) is 0 Å². The van der Waals surface area contributed by atoms with Crippen LogP contribution in [0.1, 0.15) is 23.8 Å². The maximum Gasteiger partial charge on any atom is 0.355 e. The molecule has 1 aromatic rings. The van der Waals surface area contributed by atoms with Crippen molar-refractivity contribution in [3.05, 3.63) is 18.0 Å². The van der Waals surface area contributed by atoms with E-state index in [1.807, 2.05) is 6.26 Å². The Kier molecular flexibility index (Phi) is 6.60. The van der Waals surface area contributed by atoms with Crippen LogP contribution < -0.4 is 11.1 Å². The number of anilines is 1. The van der Waals surface area contributed by atoms with E-state index in [1.165, 1.54) is 0 Å². The fourth-order valence-corrected chi connectivity index (χ4v) is 2.14. The lowest BCUT2D eigenvalue weighted by Crippen LogP contribution is -2.35. The van der Waals surface area contributed by atoms with Gasteiger partial charge in [-0.15, -0.1) is 0 Å². The van der Waals surface area contributed by atoms with Gasteiger partial charge in [-0.1, -0.05) is 0 Å². The summed E-state index contributed by atoms with van der Waals surface area (Å²) < 4.78 is 6.54. The van der Waals surface area contributed by atoms with Gasteiger partial charge in [0.1, 0.15) is 5.69 Å². The molecule has 0 saturated heterocycles. The van der Waals surface area contributed by atoms with E-state index in [0.717, 1.165) is 5.75 Å². The van der Waals surface area contributed by atoms with E-state index in [-0.39, 0.29) is 5.91 Å². The van der Waals surface area contributed by atoms with Crippen molar-refractivity contribution in [1.82, 2.24) is 4.57 Å². The molecule has 0 aliphatic rings. The van der Waals surface area contributed by atoms with Crippen LogP contribution in [-0.2, 0) is 16.6 Å². The molecule has 6 nitrogen and oxygen atoms in total. The van der Waals surface area contributed by atoms with Gasteiger partial charge in [0.25, 0.3) is 0 Å². The number of ether oxygens (including phenoxy) is 1. The molecule has 0 spiro atoms. The smallest absolute Gasteiger partial charge is 0.355 e. The van der Waals surface area contributed by atoms with Crippen LogP contribution in [0.15, 0.2) is 12.3 Å². The standard InChI is InChI=1S/C13H21N3O3S/c1-4-19-13(18)11-7-9(8-16(11)2)15-12(17)10(14)5-6-20-3/h7-8,10H,4-6,14H2,1-3H3,(H,15,17)/t10-/m0/s1. The van der Waals surface area contributed by atoms with Crippen molar-refractivity contribution in [3.8, 4) is 0 Å². The second-order valence-electron chi connectivity index (χ2n) is 4.32. The van der Waals surface area contributed by atoms with Gasteiger partial charge in [-0.05, 0) is 31.4 Å². The number of hydrogen-bond acceptors (Lipinski definition) is 5. The van der Waals surface area contributed by atoms with Gasteiger partial charge < -0.3 is 20.4 Å². The first kappa shape index (κ1) is 16.6. The van der Waals surface area contributed by atoms with Gasteiger partial charge in [0.15, 0.2) is 0 Å². The minimum absolute atomic E-state index is 0.250. The summed E-state index contributed by atoms with van der Waals surface area (Å²) in [5.41, 5.74) is 6.71.